The molecule has 8 heteroatoms. The Balaban J connectivity index is 0.00000161. The Morgan fingerprint density at radius 3 is 2.81 bits per heavy atom. The lowest BCUT2D eigenvalue weighted by molar-refractivity contribution is -0.117. The van der Waals surface area contributed by atoms with Crippen LogP contribution in [0.1, 0.15) is 6.42 Å². The van der Waals surface area contributed by atoms with Crippen LogP contribution in [0.4, 0.5) is 5.13 Å². The van der Waals surface area contributed by atoms with Crippen molar-refractivity contribution in [2.75, 3.05) is 11.9 Å². The molecule has 3 rings (SSSR count). The number of rotatable bonds is 3. The fourth-order valence-corrected chi connectivity index (χ4v) is 2.68. The molecule has 1 aliphatic heterocycles. The average molecular weight is 327 g/mol. The SMILES string of the molecule is Cl.O=C(Nc1nc(-c2ccccc2)ns1)[C@@H]1C[C@@H](O)CN1. The fraction of sp³-hybridized carbons (Fsp3) is 0.308. The van der Waals surface area contributed by atoms with Gasteiger partial charge in [0.25, 0.3) is 0 Å². The summed E-state index contributed by atoms with van der Waals surface area (Å²) in [7, 11) is 0. The van der Waals surface area contributed by atoms with Gasteiger partial charge in [-0.3, -0.25) is 10.1 Å². The maximum Gasteiger partial charge on any atom is 0.243 e. The summed E-state index contributed by atoms with van der Waals surface area (Å²) in [6, 6.07) is 9.23. The predicted molar refractivity (Wildman–Crippen MR) is 83.6 cm³/mol. The van der Waals surface area contributed by atoms with Crippen molar-refractivity contribution in [1.82, 2.24) is 14.7 Å². The van der Waals surface area contributed by atoms with E-state index in [1.165, 1.54) is 0 Å². The van der Waals surface area contributed by atoms with E-state index in [-0.39, 0.29) is 24.4 Å². The van der Waals surface area contributed by atoms with Crippen LogP contribution in [0.5, 0.6) is 0 Å². The number of nitrogens with one attached hydrogen (secondary N) is 2. The normalized spacial score (nSPS) is 20.8. The van der Waals surface area contributed by atoms with Crippen molar-refractivity contribution in [2.45, 2.75) is 18.6 Å². The van der Waals surface area contributed by atoms with E-state index in [2.05, 4.69) is 20.0 Å². The van der Waals surface area contributed by atoms with Gasteiger partial charge < -0.3 is 10.4 Å². The van der Waals surface area contributed by atoms with Crippen molar-refractivity contribution in [3.05, 3.63) is 30.3 Å². The number of hydrogen-bond acceptors (Lipinski definition) is 6. The summed E-state index contributed by atoms with van der Waals surface area (Å²) < 4.78 is 4.23. The quantitative estimate of drug-likeness (QED) is 0.791. The van der Waals surface area contributed by atoms with Crippen LogP contribution >= 0.6 is 23.9 Å². The van der Waals surface area contributed by atoms with Gasteiger partial charge >= 0.3 is 0 Å². The first-order valence-corrected chi connectivity index (χ1v) is 7.11. The molecule has 0 radical (unpaired) electrons. The number of benzene rings is 1. The molecule has 3 N–H and O–H groups in total. The maximum absolute atomic E-state index is 12.0. The largest absolute Gasteiger partial charge is 0.392 e. The van der Waals surface area contributed by atoms with Crippen LogP contribution in [0.3, 0.4) is 0 Å². The Kier molecular flexibility index (Phi) is 5.24. The third-order valence-electron chi connectivity index (χ3n) is 3.11. The number of amides is 1. The molecule has 1 amide bonds. The molecule has 2 heterocycles. The number of anilines is 1. The summed E-state index contributed by atoms with van der Waals surface area (Å²) in [5, 5.41) is 15.6. The molecule has 0 unspecified atom stereocenters. The van der Waals surface area contributed by atoms with Crippen molar-refractivity contribution >= 4 is 35.0 Å². The minimum absolute atomic E-state index is 0. The van der Waals surface area contributed by atoms with E-state index in [1.807, 2.05) is 30.3 Å². The second-order valence-electron chi connectivity index (χ2n) is 4.63. The first-order chi connectivity index (χ1) is 9.72. The first-order valence-electron chi connectivity index (χ1n) is 6.34. The second-order valence-corrected chi connectivity index (χ2v) is 5.38. The zero-order valence-corrected chi connectivity index (χ0v) is 12.7. The van der Waals surface area contributed by atoms with Gasteiger partial charge in [-0.25, -0.2) is 0 Å². The van der Waals surface area contributed by atoms with E-state index in [1.54, 1.807) is 0 Å². The Bertz CT molecular complexity index is 607. The topological polar surface area (TPSA) is 87.1 Å². The monoisotopic (exact) mass is 326 g/mol. The van der Waals surface area contributed by atoms with E-state index < -0.39 is 6.10 Å². The molecule has 2 atom stereocenters. The summed E-state index contributed by atoms with van der Waals surface area (Å²) in [6.07, 6.45) is -0.0315. The molecule has 21 heavy (non-hydrogen) atoms. The zero-order valence-electron chi connectivity index (χ0n) is 11.0. The van der Waals surface area contributed by atoms with E-state index in [0.29, 0.717) is 23.9 Å². The third kappa shape index (κ3) is 3.76. The minimum atomic E-state index is -0.458. The molecule has 0 bridgehead atoms. The van der Waals surface area contributed by atoms with E-state index in [9.17, 15) is 9.90 Å². The molecule has 1 aliphatic rings. The van der Waals surface area contributed by atoms with Crippen LogP contribution in [-0.4, -0.2) is 39.1 Å². The lowest BCUT2D eigenvalue weighted by Gasteiger charge is -2.07. The van der Waals surface area contributed by atoms with Gasteiger partial charge in [0, 0.05) is 23.6 Å². The Morgan fingerprint density at radius 1 is 1.38 bits per heavy atom. The molecule has 112 valence electrons. The molecule has 0 saturated carbocycles. The maximum atomic E-state index is 12.0. The van der Waals surface area contributed by atoms with Gasteiger partial charge in [0.05, 0.1) is 12.1 Å². The van der Waals surface area contributed by atoms with Crippen molar-refractivity contribution in [1.29, 1.82) is 0 Å². The van der Waals surface area contributed by atoms with Crippen molar-refractivity contribution < 1.29 is 9.90 Å². The summed E-state index contributed by atoms with van der Waals surface area (Å²) in [5.74, 6) is 0.419. The number of aliphatic hydroxyl groups excluding tert-OH is 1. The van der Waals surface area contributed by atoms with Gasteiger partial charge in [-0.1, -0.05) is 30.3 Å². The van der Waals surface area contributed by atoms with Crippen LogP contribution < -0.4 is 10.6 Å². The summed E-state index contributed by atoms with van der Waals surface area (Å²) in [4.78, 5) is 16.3. The Hall–Kier alpha value is -1.54. The standard InChI is InChI=1S/C13H14N4O2S.ClH/c18-9-6-10(14-7-9)12(19)16-13-15-11(17-20-13)8-4-2-1-3-5-8;/h1-5,9-10,14,18H,6-7H2,(H,15,16,17,19);1H/t9-,10+;/m1./s1. The molecular weight excluding hydrogens is 312 g/mol. The fourth-order valence-electron chi connectivity index (χ4n) is 2.09. The number of aliphatic hydroxyl groups is 1. The first kappa shape index (κ1) is 15.8. The van der Waals surface area contributed by atoms with Crippen molar-refractivity contribution in [3.8, 4) is 11.4 Å². The number of carbonyl (C=O) groups excluding carboxylic acids is 1. The van der Waals surface area contributed by atoms with E-state index in [4.69, 9.17) is 0 Å². The van der Waals surface area contributed by atoms with Crippen LogP contribution in [0.25, 0.3) is 11.4 Å². The van der Waals surface area contributed by atoms with Crippen molar-refractivity contribution in [3.63, 3.8) is 0 Å². The highest BCUT2D eigenvalue weighted by Gasteiger charge is 2.28. The van der Waals surface area contributed by atoms with E-state index >= 15 is 0 Å². The summed E-state index contributed by atoms with van der Waals surface area (Å²) in [5.41, 5.74) is 0.915. The van der Waals surface area contributed by atoms with Crippen LogP contribution in [-0.2, 0) is 4.79 Å². The minimum Gasteiger partial charge on any atom is -0.392 e. The van der Waals surface area contributed by atoms with Gasteiger partial charge in [-0.2, -0.15) is 9.36 Å². The van der Waals surface area contributed by atoms with Crippen LogP contribution in [0.15, 0.2) is 30.3 Å². The molecule has 0 aliphatic carbocycles. The molecule has 0 spiro atoms. The second kappa shape index (κ2) is 6.95. The van der Waals surface area contributed by atoms with Crippen molar-refractivity contribution in [2.24, 2.45) is 0 Å². The molecule has 2 aromatic rings. The smallest absolute Gasteiger partial charge is 0.243 e. The van der Waals surface area contributed by atoms with E-state index in [0.717, 1.165) is 17.1 Å². The highest BCUT2D eigenvalue weighted by atomic mass is 35.5. The number of halogens is 1. The Labute approximate surface area is 132 Å². The lowest BCUT2D eigenvalue weighted by Crippen LogP contribution is -2.35. The van der Waals surface area contributed by atoms with Gasteiger partial charge in [-0.05, 0) is 6.42 Å². The average Bonchev–Trinajstić information content (AvgIpc) is 3.09. The number of hydrogen-bond donors (Lipinski definition) is 3. The highest BCUT2D eigenvalue weighted by Crippen LogP contribution is 2.21. The van der Waals surface area contributed by atoms with Crippen LogP contribution in [0.2, 0.25) is 0 Å². The van der Waals surface area contributed by atoms with Gasteiger partial charge in [0.1, 0.15) is 0 Å². The Morgan fingerprint density at radius 2 is 2.14 bits per heavy atom. The number of carbonyl (C=O) groups is 1. The lowest BCUT2D eigenvalue weighted by atomic mass is 10.2. The van der Waals surface area contributed by atoms with Gasteiger partial charge in [0.2, 0.25) is 11.0 Å². The zero-order chi connectivity index (χ0) is 13.9. The molecular formula is C13H15ClN4O2S. The molecule has 1 aromatic heterocycles. The number of aromatic nitrogens is 2. The molecule has 1 fully saturated rings. The summed E-state index contributed by atoms with van der Waals surface area (Å²) in [6.45, 7) is 0.448. The third-order valence-corrected chi connectivity index (χ3v) is 3.74. The molecule has 6 nitrogen and oxygen atoms in total. The molecule has 1 saturated heterocycles. The van der Waals surface area contributed by atoms with Gasteiger partial charge in [0.15, 0.2) is 5.82 Å². The number of nitrogens with zero attached hydrogens (tertiary/aromatic N) is 2. The predicted octanol–water partition coefficient (Wildman–Crippen LogP) is 1.29. The number of β-amino-alcohol motifs (C(OH)–C–C–N with tert-alkyl or cyclic N) is 1. The summed E-state index contributed by atoms with van der Waals surface area (Å²) >= 11 is 1.15. The highest BCUT2D eigenvalue weighted by molar-refractivity contribution is 7.10. The molecule has 1 aromatic carbocycles. The van der Waals surface area contributed by atoms with Gasteiger partial charge in [-0.15, -0.1) is 12.4 Å². The van der Waals surface area contributed by atoms with Crippen LogP contribution in [0, 0.1) is 0 Å².